The lowest BCUT2D eigenvalue weighted by molar-refractivity contribution is 0.0744. The zero-order valence-corrected chi connectivity index (χ0v) is 12.7. The van der Waals surface area contributed by atoms with E-state index in [1.807, 2.05) is 37.4 Å². The molecule has 0 bridgehead atoms. The van der Waals surface area contributed by atoms with Gasteiger partial charge in [-0.1, -0.05) is 6.07 Å². The van der Waals surface area contributed by atoms with E-state index < -0.39 is 0 Å². The van der Waals surface area contributed by atoms with Crippen molar-refractivity contribution >= 4 is 29.9 Å². The van der Waals surface area contributed by atoms with Crippen LogP contribution in [0, 0.1) is 0 Å². The molecule has 0 saturated heterocycles. The van der Waals surface area contributed by atoms with Crippen LogP contribution in [0.4, 0.5) is 0 Å². The lowest BCUT2D eigenvalue weighted by Gasteiger charge is -2.24. The minimum atomic E-state index is 0.0531. The molecular formula is C15H17NOS2. The smallest absolute Gasteiger partial charge is 0.253 e. The Morgan fingerprint density at radius 2 is 2.00 bits per heavy atom. The lowest BCUT2D eigenvalue weighted by Crippen LogP contribution is -2.36. The summed E-state index contributed by atoms with van der Waals surface area (Å²) in [4.78, 5) is 16.3. The fraction of sp³-hybridized carbons (Fsp3) is 0.267. The van der Waals surface area contributed by atoms with E-state index in [2.05, 4.69) is 31.0 Å². The molecule has 0 saturated carbocycles. The van der Waals surface area contributed by atoms with Crippen LogP contribution >= 0.6 is 24.0 Å². The van der Waals surface area contributed by atoms with E-state index in [0.29, 0.717) is 5.56 Å². The number of carbonyl (C=O) groups is 1. The number of benzene rings is 1. The first-order chi connectivity index (χ1) is 9.08. The SMILES string of the molecule is CC(Cc1cccs1)N(C)C(=O)c1ccc(S)cc1. The summed E-state index contributed by atoms with van der Waals surface area (Å²) in [6.07, 6.45) is 0.893. The molecule has 1 atom stereocenters. The van der Waals surface area contributed by atoms with Crippen LogP contribution in [0.3, 0.4) is 0 Å². The van der Waals surface area contributed by atoms with Crippen molar-refractivity contribution in [2.24, 2.45) is 0 Å². The zero-order chi connectivity index (χ0) is 13.8. The van der Waals surface area contributed by atoms with Gasteiger partial charge in [-0.25, -0.2) is 0 Å². The summed E-state index contributed by atoms with van der Waals surface area (Å²) in [5.74, 6) is 0.0531. The predicted octanol–water partition coefficient (Wildman–Crippen LogP) is 3.74. The summed E-state index contributed by atoms with van der Waals surface area (Å²) in [5.41, 5.74) is 0.707. The van der Waals surface area contributed by atoms with Crippen LogP contribution in [-0.4, -0.2) is 23.9 Å². The van der Waals surface area contributed by atoms with Crippen LogP contribution < -0.4 is 0 Å². The van der Waals surface area contributed by atoms with Crippen LogP contribution in [0.1, 0.15) is 22.2 Å². The number of thiophene rings is 1. The average Bonchev–Trinajstić information content (AvgIpc) is 2.90. The molecule has 19 heavy (non-hydrogen) atoms. The highest BCUT2D eigenvalue weighted by Crippen LogP contribution is 2.16. The highest BCUT2D eigenvalue weighted by atomic mass is 32.1. The number of hydrogen-bond acceptors (Lipinski definition) is 3. The minimum absolute atomic E-state index is 0.0531. The number of thiol groups is 1. The van der Waals surface area contributed by atoms with E-state index in [0.717, 1.165) is 11.3 Å². The molecule has 0 spiro atoms. The summed E-state index contributed by atoms with van der Waals surface area (Å²) in [5, 5.41) is 2.06. The molecule has 1 aromatic carbocycles. The molecule has 1 unspecified atom stereocenters. The Labute approximate surface area is 123 Å². The molecule has 4 heteroatoms. The van der Waals surface area contributed by atoms with Gasteiger partial charge in [0.05, 0.1) is 0 Å². The fourth-order valence-electron chi connectivity index (χ4n) is 1.86. The van der Waals surface area contributed by atoms with Crippen LogP contribution in [0.25, 0.3) is 0 Å². The highest BCUT2D eigenvalue weighted by Gasteiger charge is 2.17. The second kappa shape index (κ2) is 6.26. The van der Waals surface area contributed by atoms with E-state index >= 15 is 0 Å². The quantitative estimate of drug-likeness (QED) is 0.851. The van der Waals surface area contributed by atoms with Gasteiger partial charge >= 0.3 is 0 Å². The molecular weight excluding hydrogens is 274 g/mol. The normalized spacial score (nSPS) is 12.2. The summed E-state index contributed by atoms with van der Waals surface area (Å²) in [6, 6.07) is 11.6. The zero-order valence-electron chi connectivity index (χ0n) is 11.0. The van der Waals surface area contributed by atoms with Crippen LogP contribution in [-0.2, 0) is 6.42 Å². The van der Waals surface area contributed by atoms with E-state index in [1.54, 1.807) is 16.2 Å². The van der Waals surface area contributed by atoms with Gasteiger partial charge < -0.3 is 4.90 Å². The number of hydrogen-bond donors (Lipinski definition) is 1. The summed E-state index contributed by atoms with van der Waals surface area (Å²) < 4.78 is 0. The van der Waals surface area contributed by atoms with Crippen molar-refractivity contribution in [1.82, 2.24) is 4.90 Å². The third kappa shape index (κ3) is 3.61. The average molecular weight is 291 g/mol. The van der Waals surface area contributed by atoms with Crippen molar-refractivity contribution in [3.05, 3.63) is 52.2 Å². The van der Waals surface area contributed by atoms with Gasteiger partial charge in [0.25, 0.3) is 5.91 Å². The Hall–Kier alpha value is -1.26. The van der Waals surface area contributed by atoms with Gasteiger partial charge in [-0.05, 0) is 42.6 Å². The van der Waals surface area contributed by atoms with Crippen molar-refractivity contribution in [1.29, 1.82) is 0 Å². The Balaban J connectivity index is 2.04. The van der Waals surface area contributed by atoms with Crippen LogP contribution in [0.2, 0.25) is 0 Å². The van der Waals surface area contributed by atoms with Crippen LogP contribution in [0.15, 0.2) is 46.7 Å². The van der Waals surface area contributed by atoms with Crippen molar-refractivity contribution < 1.29 is 4.79 Å². The molecule has 0 fully saturated rings. The molecule has 2 rings (SSSR count). The van der Waals surface area contributed by atoms with Gasteiger partial charge in [0, 0.05) is 34.8 Å². The van der Waals surface area contributed by atoms with Gasteiger partial charge in [0.15, 0.2) is 0 Å². The first-order valence-corrected chi connectivity index (χ1v) is 7.49. The van der Waals surface area contributed by atoms with Crippen LogP contribution in [0.5, 0.6) is 0 Å². The number of rotatable bonds is 4. The standard InChI is InChI=1S/C15H17NOS2/c1-11(10-14-4-3-9-19-14)16(2)15(17)12-5-7-13(18)8-6-12/h3-9,11,18H,10H2,1-2H3. The number of likely N-dealkylation sites (N-methyl/N-ethyl adjacent to an activating group) is 1. The third-order valence-electron chi connectivity index (χ3n) is 3.17. The molecule has 0 aliphatic rings. The third-order valence-corrected chi connectivity index (χ3v) is 4.37. The maximum atomic E-state index is 12.3. The predicted molar refractivity (Wildman–Crippen MR) is 83.3 cm³/mol. The van der Waals surface area contributed by atoms with E-state index in [-0.39, 0.29) is 11.9 Å². The van der Waals surface area contributed by atoms with Crippen molar-refractivity contribution in [3.63, 3.8) is 0 Å². The molecule has 0 aliphatic carbocycles. The molecule has 0 N–H and O–H groups in total. The number of amides is 1. The van der Waals surface area contributed by atoms with Crippen molar-refractivity contribution in [2.75, 3.05) is 7.05 Å². The maximum Gasteiger partial charge on any atom is 0.253 e. The van der Waals surface area contributed by atoms with Gasteiger partial charge in [-0.3, -0.25) is 4.79 Å². The lowest BCUT2D eigenvalue weighted by atomic mass is 10.1. The molecule has 1 aromatic heterocycles. The van der Waals surface area contributed by atoms with E-state index in [1.165, 1.54) is 4.88 Å². The Morgan fingerprint density at radius 1 is 1.32 bits per heavy atom. The number of carbonyl (C=O) groups excluding carboxylic acids is 1. The first kappa shape index (κ1) is 14.2. The van der Waals surface area contributed by atoms with E-state index in [9.17, 15) is 4.79 Å². The van der Waals surface area contributed by atoms with Gasteiger partial charge in [0.2, 0.25) is 0 Å². The second-order valence-electron chi connectivity index (χ2n) is 4.60. The van der Waals surface area contributed by atoms with Crippen molar-refractivity contribution in [3.8, 4) is 0 Å². The maximum absolute atomic E-state index is 12.3. The molecule has 2 nitrogen and oxygen atoms in total. The number of nitrogens with zero attached hydrogens (tertiary/aromatic N) is 1. The highest BCUT2D eigenvalue weighted by molar-refractivity contribution is 7.80. The molecule has 0 radical (unpaired) electrons. The molecule has 0 aliphatic heterocycles. The monoisotopic (exact) mass is 291 g/mol. The topological polar surface area (TPSA) is 20.3 Å². The van der Waals surface area contributed by atoms with Crippen molar-refractivity contribution in [2.45, 2.75) is 24.3 Å². The fourth-order valence-corrected chi connectivity index (χ4v) is 2.84. The second-order valence-corrected chi connectivity index (χ2v) is 6.14. The Morgan fingerprint density at radius 3 is 2.58 bits per heavy atom. The van der Waals surface area contributed by atoms with Gasteiger partial charge in [0.1, 0.15) is 0 Å². The Kier molecular flexibility index (Phi) is 4.66. The Bertz CT molecular complexity index is 534. The first-order valence-electron chi connectivity index (χ1n) is 6.16. The summed E-state index contributed by atoms with van der Waals surface area (Å²) in [6.45, 7) is 2.07. The molecule has 100 valence electrons. The van der Waals surface area contributed by atoms with Gasteiger partial charge in [-0.15, -0.1) is 24.0 Å². The molecule has 1 amide bonds. The summed E-state index contributed by atoms with van der Waals surface area (Å²) >= 11 is 5.96. The van der Waals surface area contributed by atoms with Gasteiger partial charge in [-0.2, -0.15) is 0 Å². The largest absolute Gasteiger partial charge is 0.339 e. The summed E-state index contributed by atoms with van der Waals surface area (Å²) in [7, 11) is 1.86. The molecule has 1 heterocycles. The van der Waals surface area contributed by atoms with E-state index in [4.69, 9.17) is 0 Å². The molecule has 2 aromatic rings. The minimum Gasteiger partial charge on any atom is -0.339 e.